The van der Waals surface area contributed by atoms with E-state index in [1.54, 1.807) is 11.3 Å². The van der Waals surface area contributed by atoms with Crippen molar-refractivity contribution in [2.45, 2.75) is 32.1 Å². The number of benzene rings is 1. The van der Waals surface area contributed by atoms with Gasteiger partial charge in [-0.3, -0.25) is 0 Å². The van der Waals surface area contributed by atoms with E-state index in [4.69, 9.17) is 26.4 Å². The third-order valence-electron chi connectivity index (χ3n) is 4.67. The van der Waals surface area contributed by atoms with E-state index >= 15 is 0 Å². The fraction of sp³-hybridized carbons (Fsp3) is 0.368. The van der Waals surface area contributed by atoms with Crippen LogP contribution in [0.25, 0.3) is 0 Å². The molecule has 0 saturated heterocycles. The van der Waals surface area contributed by atoms with Gasteiger partial charge in [-0.2, -0.15) is 0 Å². The summed E-state index contributed by atoms with van der Waals surface area (Å²) in [5.74, 6) is 1.08. The molecule has 4 rings (SSSR count). The minimum Gasteiger partial charge on any atom is -0.465 e. The van der Waals surface area contributed by atoms with Crippen molar-refractivity contribution in [1.29, 1.82) is 0 Å². The standard InChI is InChI=1S/C19H20N2O4S2/c1-23-18(22)16-12-5-3-2-4-6-15(12)27-17(16)21-19(26)20-11-7-8-13-14(9-11)25-10-24-13/h7-9H,2-6,10H2,1H3,(H2,20,21,26). The van der Waals surface area contributed by atoms with Crippen LogP contribution >= 0.6 is 23.6 Å². The number of thiocarbonyl (C=S) groups is 1. The van der Waals surface area contributed by atoms with Crippen molar-refractivity contribution in [2.75, 3.05) is 24.5 Å². The van der Waals surface area contributed by atoms with Gasteiger partial charge < -0.3 is 24.8 Å². The van der Waals surface area contributed by atoms with Gasteiger partial charge in [0.2, 0.25) is 6.79 Å². The molecule has 2 heterocycles. The second-order valence-corrected chi connectivity index (χ2v) is 7.92. The Morgan fingerprint density at radius 3 is 2.81 bits per heavy atom. The first kappa shape index (κ1) is 18.1. The fourth-order valence-electron chi connectivity index (χ4n) is 3.39. The van der Waals surface area contributed by atoms with E-state index in [1.165, 1.54) is 18.4 Å². The first-order valence-electron chi connectivity index (χ1n) is 8.86. The van der Waals surface area contributed by atoms with Crippen molar-refractivity contribution in [2.24, 2.45) is 0 Å². The minimum absolute atomic E-state index is 0.227. The highest BCUT2D eigenvalue weighted by molar-refractivity contribution is 7.80. The Kier molecular flexibility index (Phi) is 5.18. The van der Waals surface area contributed by atoms with Gasteiger partial charge in [-0.25, -0.2) is 4.79 Å². The van der Waals surface area contributed by atoms with Crippen molar-refractivity contribution in [3.8, 4) is 11.5 Å². The van der Waals surface area contributed by atoms with E-state index in [-0.39, 0.29) is 12.8 Å². The molecule has 1 aromatic heterocycles. The number of fused-ring (bicyclic) bond motifs is 2. The minimum atomic E-state index is -0.317. The van der Waals surface area contributed by atoms with Crippen LogP contribution in [-0.4, -0.2) is 25.0 Å². The average Bonchev–Trinajstić information content (AvgIpc) is 3.18. The second kappa shape index (κ2) is 7.74. The molecule has 8 heteroatoms. The van der Waals surface area contributed by atoms with E-state index in [0.29, 0.717) is 16.4 Å². The summed E-state index contributed by atoms with van der Waals surface area (Å²) in [6, 6.07) is 5.54. The van der Waals surface area contributed by atoms with E-state index in [1.807, 2.05) is 18.2 Å². The van der Waals surface area contributed by atoms with Gasteiger partial charge in [-0.05, 0) is 55.6 Å². The van der Waals surface area contributed by atoms with Crippen molar-refractivity contribution >= 4 is 45.3 Å². The molecule has 0 spiro atoms. The number of carbonyl (C=O) groups excluding carboxylic acids is 1. The van der Waals surface area contributed by atoms with E-state index in [2.05, 4.69) is 10.6 Å². The van der Waals surface area contributed by atoms with Gasteiger partial charge in [0.15, 0.2) is 16.6 Å². The second-order valence-electron chi connectivity index (χ2n) is 6.41. The van der Waals surface area contributed by atoms with Crippen molar-refractivity contribution in [3.05, 3.63) is 34.2 Å². The number of rotatable bonds is 3. The molecule has 27 heavy (non-hydrogen) atoms. The van der Waals surface area contributed by atoms with Crippen LogP contribution in [0.1, 0.15) is 40.1 Å². The monoisotopic (exact) mass is 404 g/mol. The molecular formula is C19H20N2O4S2. The van der Waals surface area contributed by atoms with Gasteiger partial charge in [0.1, 0.15) is 5.00 Å². The number of carbonyl (C=O) groups is 1. The van der Waals surface area contributed by atoms with Crippen molar-refractivity contribution in [3.63, 3.8) is 0 Å². The summed E-state index contributed by atoms with van der Waals surface area (Å²) < 4.78 is 15.7. The Hall–Kier alpha value is -2.32. The molecule has 0 atom stereocenters. The lowest BCUT2D eigenvalue weighted by atomic mass is 10.1. The number of anilines is 2. The topological polar surface area (TPSA) is 68.8 Å². The zero-order valence-electron chi connectivity index (χ0n) is 14.9. The van der Waals surface area contributed by atoms with E-state index < -0.39 is 0 Å². The van der Waals surface area contributed by atoms with E-state index in [0.717, 1.165) is 47.7 Å². The molecule has 2 aliphatic rings. The maximum Gasteiger partial charge on any atom is 0.341 e. The molecule has 6 nitrogen and oxygen atoms in total. The van der Waals surface area contributed by atoms with Crippen LogP contribution in [0.5, 0.6) is 11.5 Å². The molecule has 0 saturated carbocycles. The third kappa shape index (κ3) is 3.72. The number of esters is 1. The van der Waals surface area contributed by atoms with Crippen LogP contribution in [-0.2, 0) is 17.6 Å². The van der Waals surface area contributed by atoms with Gasteiger partial charge in [-0.1, -0.05) is 6.42 Å². The molecule has 0 unspecified atom stereocenters. The Morgan fingerprint density at radius 2 is 1.96 bits per heavy atom. The van der Waals surface area contributed by atoms with Crippen LogP contribution < -0.4 is 20.1 Å². The summed E-state index contributed by atoms with van der Waals surface area (Å²) in [6.07, 6.45) is 5.32. The van der Waals surface area contributed by atoms with Gasteiger partial charge in [0.05, 0.1) is 12.7 Å². The fourth-order valence-corrected chi connectivity index (χ4v) is 4.95. The third-order valence-corrected chi connectivity index (χ3v) is 6.08. The van der Waals surface area contributed by atoms with Crippen LogP contribution in [0.3, 0.4) is 0 Å². The molecule has 2 N–H and O–H groups in total. The lowest BCUT2D eigenvalue weighted by Crippen LogP contribution is -2.20. The molecular weight excluding hydrogens is 384 g/mol. The number of hydrogen-bond donors (Lipinski definition) is 2. The van der Waals surface area contributed by atoms with E-state index in [9.17, 15) is 4.79 Å². The average molecular weight is 405 g/mol. The van der Waals surface area contributed by atoms with Crippen LogP contribution in [0, 0.1) is 0 Å². The lowest BCUT2D eigenvalue weighted by molar-refractivity contribution is 0.0601. The Morgan fingerprint density at radius 1 is 1.15 bits per heavy atom. The molecule has 0 amide bonds. The number of methoxy groups -OCH3 is 1. The van der Waals surface area contributed by atoms with Gasteiger partial charge in [-0.15, -0.1) is 11.3 Å². The number of aryl methyl sites for hydroxylation is 1. The Labute approximate surface area is 166 Å². The molecule has 1 aromatic carbocycles. The molecule has 142 valence electrons. The Bertz CT molecular complexity index is 894. The van der Waals surface area contributed by atoms with Crippen molar-refractivity contribution < 1.29 is 19.0 Å². The number of nitrogens with one attached hydrogen (secondary N) is 2. The first-order valence-corrected chi connectivity index (χ1v) is 10.1. The van der Waals surface area contributed by atoms with Gasteiger partial charge in [0, 0.05) is 16.6 Å². The highest BCUT2D eigenvalue weighted by Crippen LogP contribution is 2.38. The van der Waals surface area contributed by atoms with Crippen LogP contribution in [0.15, 0.2) is 18.2 Å². The van der Waals surface area contributed by atoms with Gasteiger partial charge in [0.25, 0.3) is 0 Å². The molecule has 0 bridgehead atoms. The zero-order valence-corrected chi connectivity index (χ0v) is 16.6. The number of hydrogen-bond acceptors (Lipinski definition) is 6. The summed E-state index contributed by atoms with van der Waals surface area (Å²) in [5, 5.41) is 7.48. The van der Waals surface area contributed by atoms with Gasteiger partial charge >= 0.3 is 5.97 Å². The van der Waals surface area contributed by atoms with Crippen LogP contribution in [0.4, 0.5) is 10.7 Å². The zero-order chi connectivity index (χ0) is 18.8. The Balaban J connectivity index is 1.54. The molecule has 1 aliphatic heterocycles. The predicted molar refractivity (Wildman–Crippen MR) is 109 cm³/mol. The normalized spacial score (nSPS) is 14.9. The quantitative estimate of drug-likeness (QED) is 0.448. The highest BCUT2D eigenvalue weighted by Gasteiger charge is 2.25. The summed E-state index contributed by atoms with van der Waals surface area (Å²) in [6.45, 7) is 0.227. The SMILES string of the molecule is COC(=O)c1c(NC(=S)Nc2ccc3c(c2)OCO3)sc2c1CCCCC2. The molecule has 2 aromatic rings. The molecule has 0 radical (unpaired) electrons. The first-order chi connectivity index (χ1) is 13.2. The molecule has 1 aliphatic carbocycles. The summed E-state index contributed by atoms with van der Waals surface area (Å²) >= 11 is 7.05. The predicted octanol–water partition coefficient (Wildman–Crippen LogP) is 4.34. The number of thiophene rings is 1. The van der Waals surface area contributed by atoms with Crippen molar-refractivity contribution in [1.82, 2.24) is 0 Å². The lowest BCUT2D eigenvalue weighted by Gasteiger charge is -2.11. The summed E-state index contributed by atoms with van der Waals surface area (Å²) in [4.78, 5) is 13.6. The smallest absolute Gasteiger partial charge is 0.341 e. The molecule has 0 fully saturated rings. The number of ether oxygens (including phenoxy) is 3. The maximum absolute atomic E-state index is 12.4. The summed E-state index contributed by atoms with van der Waals surface area (Å²) in [5.41, 5.74) is 2.52. The van der Waals surface area contributed by atoms with Crippen LogP contribution in [0.2, 0.25) is 0 Å². The largest absolute Gasteiger partial charge is 0.465 e. The maximum atomic E-state index is 12.4. The highest BCUT2D eigenvalue weighted by atomic mass is 32.1. The summed E-state index contributed by atoms with van der Waals surface area (Å²) in [7, 11) is 1.41.